The summed E-state index contributed by atoms with van der Waals surface area (Å²) < 4.78 is 0. The minimum atomic E-state index is 0.628. The van der Waals surface area contributed by atoms with Crippen molar-refractivity contribution in [2.24, 2.45) is 0 Å². The van der Waals surface area contributed by atoms with E-state index >= 15 is 0 Å². The van der Waals surface area contributed by atoms with Gasteiger partial charge in [-0.1, -0.05) is 13.0 Å². The topological polar surface area (TPSA) is 12.0 Å². The number of rotatable bonds is 6. The largest absolute Gasteiger partial charge is 0.316 e. The summed E-state index contributed by atoms with van der Waals surface area (Å²) in [5.41, 5.74) is 0. The fraction of sp³-hybridized carbons (Fsp3) is 0.600. The van der Waals surface area contributed by atoms with Crippen LogP contribution in [0.2, 0.25) is 0 Å². The van der Waals surface area contributed by atoms with Gasteiger partial charge < -0.3 is 5.32 Å². The number of likely N-dealkylation sites (N-methyl/N-ethyl adjacent to an activating group) is 1. The van der Waals surface area contributed by atoms with E-state index in [9.17, 15) is 0 Å². The maximum absolute atomic E-state index is 3.36. The molecule has 1 heterocycles. The van der Waals surface area contributed by atoms with Gasteiger partial charge in [0.05, 0.1) is 0 Å². The van der Waals surface area contributed by atoms with Crippen molar-refractivity contribution in [3.63, 3.8) is 0 Å². The van der Waals surface area contributed by atoms with Crippen LogP contribution in [0.15, 0.2) is 17.5 Å². The fourth-order valence-corrected chi connectivity index (χ4v) is 2.77. The van der Waals surface area contributed by atoms with Crippen LogP contribution in [0.25, 0.3) is 0 Å². The third-order valence-corrected chi connectivity index (χ3v) is 3.90. The van der Waals surface area contributed by atoms with Crippen molar-refractivity contribution in [3.8, 4) is 0 Å². The molecule has 1 rings (SSSR count). The summed E-state index contributed by atoms with van der Waals surface area (Å²) in [7, 11) is 2.05. The Morgan fingerprint density at radius 1 is 1.62 bits per heavy atom. The highest BCUT2D eigenvalue weighted by atomic mass is 32.2. The number of thiophene rings is 1. The predicted octanol–water partition coefficient (Wildman–Crippen LogP) is 2.63. The van der Waals surface area contributed by atoms with Crippen LogP contribution in [0.4, 0.5) is 0 Å². The molecule has 0 bridgehead atoms. The molecule has 1 unspecified atom stereocenters. The molecule has 0 radical (unpaired) electrons. The Balaban J connectivity index is 2.31. The molecule has 0 fully saturated rings. The first-order chi connectivity index (χ1) is 6.36. The lowest BCUT2D eigenvalue weighted by molar-refractivity contribution is 0.622. The Morgan fingerprint density at radius 3 is 3.00 bits per heavy atom. The van der Waals surface area contributed by atoms with E-state index in [0.717, 1.165) is 0 Å². The van der Waals surface area contributed by atoms with E-state index in [2.05, 4.69) is 36.8 Å². The van der Waals surface area contributed by atoms with Crippen LogP contribution in [0, 0.1) is 0 Å². The molecule has 0 aromatic carbocycles. The monoisotopic (exact) mass is 215 g/mol. The van der Waals surface area contributed by atoms with Crippen molar-refractivity contribution in [2.75, 3.05) is 18.6 Å². The molecule has 0 saturated heterocycles. The average Bonchev–Trinajstić information content (AvgIpc) is 2.64. The standard InChI is InChI=1S/C10H17NS2/c1-3-12-8-9(11-2)7-10-5-4-6-13-10/h4-6,9,11H,3,7-8H2,1-2H3. The Kier molecular flexibility index (Phi) is 5.51. The molecule has 1 aromatic heterocycles. The molecule has 1 nitrogen and oxygen atoms in total. The first-order valence-corrected chi connectivity index (χ1v) is 6.67. The number of hydrogen-bond donors (Lipinski definition) is 1. The molecule has 74 valence electrons. The molecule has 0 spiro atoms. The third-order valence-electron chi connectivity index (χ3n) is 1.96. The van der Waals surface area contributed by atoms with E-state index in [0.29, 0.717) is 6.04 Å². The second-order valence-corrected chi connectivity index (χ2v) is 5.28. The van der Waals surface area contributed by atoms with Crippen molar-refractivity contribution in [3.05, 3.63) is 22.4 Å². The molecule has 1 atom stereocenters. The third kappa shape index (κ3) is 4.16. The molecular weight excluding hydrogens is 198 g/mol. The summed E-state index contributed by atoms with van der Waals surface area (Å²) in [6, 6.07) is 4.97. The fourth-order valence-electron chi connectivity index (χ4n) is 1.18. The van der Waals surface area contributed by atoms with E-state index in [1.807, 2.05) is 23.1 Å². The molecule has 0 amide bonds. The van der Waals surface area contributed by atoms with Gasteiger partial charge in [-0.2, -0.15) is 11.8 Å². The van der Waals surface area contributed by atoms with Gasteiger partial charge in [-0.3, -0.25) is 0 Å². The first-order valence-electron chi connectivity index (χ1n) is 4.64. The van der Waals surface area contributed by atoms with Gasteiger partial charge in [0.15, 0.2) is 0 Å². The Morgan fingerprint density at radius 2 is 2.46 bits per heavy atom. The molecule has 13 heavy (non-hydrogen) atoms. The number of hydrogen-bond acceptors (Lipinski definition) is 3. The van der Waals surface area contributed by atoms with Gasteiger partial charge in [0, 0.05) is 16.7 Å². The van der Waals surface area contributed by atoms with Crippen LogP contribution in [0.1, 0.15) is 11.8 Å². The maximum atomic E-state index is 3.36. The van der Waals surface area contributed by atoms with Crippen LogP contribution in [0.3, 0.4) is 0 Å². The normalized spacial score (nSPS) is 13.1. The molecule has 3 heteroatoms. The van der Waals surface area contributed by atoms with E-state index in [1.54, 1.807) is 0 Å². The first kappa shape index (κ1) is 11.1. The molecule has 0 aliphatic heterocycles. The molecular formula is C10H17NS2. The van der Waals surface area contributed by atoms with E-state index in [-0.39, 0.29) is 0 Å². The van der Waals surface area contributed by atoms with Gasteiger partial charge in [-0.15, -0.1) is 11.3 Å². The van der Waals surface area contributed by atoms with Crippen molar-refractivity contribution in [1.29, 1.82) is 0 Å². The molecule has 0 saturated carbocycles. The quantitative estimate of drug-likeness (QED) is 0.783. The van der Waals surface area contributed by atoms with E-state index in [1.165, 1.54) is 22.8 Å². The molecule has 0 aliphatic rings. The number of thioether (sulfide) groups is 1. The highest BCUT2D eigenvalue weighted by Gasteiger charge is 2.06. The minimum absolute atomic E-state index is 0.628. The van der Waals surface area contributed by atoms with Crippen LogP contribution in [-0.2, 0) is 6.42 Å². The summed E-state index contributed by atoms with van der Waals surface area (Å²) in [4.78, 5) is 1.48. The number of nitrogens with one attached hydrogen (secondary N) is 1. The van der Waals surface area contributed by atoms with Crippen LogP contribution >= 0.6 is 23.1 Å². The predicted molar refractivity (Wildman–Crippen MR) is 63.9 cm³/mol. The Labute approximate surface area is 88.9 Å². The van der Waals surface area contributed by atoms with Crippen molar-refractivity contribution in [2.45, 2.75) is 19.4 Å². The van der Waals surface area contributed by atoms with Gasteiger partial charge in [-0.25, -0.2) is 0 Å². The lowest BCUT2D eigenvalue weighted by Gasteiger charge is -2.13. The molecule has 1 N–H and O–H groups in total. The lowest BCUT2D eigenvalue weighted by Crippen LogP contribution is -2.29. The SMILES string of the molecule is CCSCC(Cc1cccs1)NC. The summed E-state index contributed by atoms with van der Waals surface area (Å²) >= 11 is 3.86. The summed E-state index contributed by atoms with van der Waals surface area (Å²) in [5, 5.41) is 5.51. The van der Waals surface area contributed by atoms with Crippen LogP contribution in [-0.4, -0.2) is 24.6 Å². The highest BCUT2D eigenvalue weighted by molar-refractivity contribution is 7.99. The second-order valence-electron chi connectivity index (χ2n) is 2.93. The summed E-state index contributed by atoms with van der Waals surface area (Å²) in [6.45, 7) is 2.21. The zero-order chi connectivity index (χ0) is 9.52. The van der Waals surface area contributed by atoms with Gasteiger partial charge in [0.25, 0.3) is 0 Å². The van der Waals surface area contributed by atoms with Gasteiger partial charge in [-0.05, 0) is 30.7 Å². The average molecular weight is 215 g/mol. The van der Waals surface area contributed by atoms with Crippen LogP contribution in [0.5, 0.6) is 0 Å². The second kappa shape index (κ2) is 6.46. The van der Waals surface area contributed by atoms with Crippen LogP contribution < -0.4 is 5.32 Å². The highest BCUT2D eigenvalue weighted by Crippen LogP contribution is 2.13. The van der Waals surface area contributed by atoms with Gasteiger partial charge in [0.2, 0.25) is 0 Å². The molecule has 0 aliphatic carbocycles. The maximum Gasteiger partial charge on any atom is 0.0203 e. The van der Waals surface area contributed by atoms with Crippen molar-refractivity contribution < 1.29 is 0 Å². The molecule has 1 aromatic rings. The minimum Gasteiger partial charge on any atom is -0.316 e. The Hall–Kier alpha value is 0.01000. The Bertz CT molecular complexity index is 209. The summed E-state index contributed by atoms with van der Waals surface area (Å²) in [6.07, 6.45) is 1.17. The zero-order valence-electron chi connectivity index (χ0n) is 8.25. The summed E-state index contributed by atoms with van der Waals surface area (Å²) in [5.74, 6) is 2.42. The van der Waals surface area contributed by atoms with Gasteiger partial charge >= 0.3 is 0 Å². The van der Waals surface area contributed by atoms with Crippen molar-refractivity contribution in [1.82, 2.24) is 5.32 Å². The van der Waals surface area contributed by atoms with E-state index in [4.69, 9.17) is 0 Å². The smallest absolute Gasteiger partial charge is 0.0203 e. The lowest BCUT2D eigenvalue weighted by atomic mass is 10.2. The van der Waals surface area contributed by atoms with E-state index < -0.39 is 0 Å². The zero-order valence-corrected chi connectivity index (χ0v) is 9.88. The van der Waals surface area contributed by atoms with Crippen molar-refractivity contribution >= 4 is 23.1 Å². The van der Waals surface area contributed by atoms with Gasteiger partial charge in [0.1, 0.15) is 0 Å².